The first-order valence-electron chi connectivity index (χ1n) is 6.07. The van der Waals surface area contributed by atoms with Crippen LogP contribution in [0.25, 0.3) is 10.6 Å². The maximum Gasteiger partial charge on any atom is 0.123 e. The fraction of sp³-hybridized carbons (Fsp3) is 0.357. The molecule has 0 unspecified atom stereocenters. The van der Waals surface area contributed by atoms with Crippen molar-refractivity contribution >= 4 is 11.3 Å². The smallest absolute Gasteiger partial charge is 0.123 e. The van der Waals surface area contributed by atoms with Crippen LogP contribution < -0.4 is 10.1 Å². The molecule has 0 amide bonds. The number of hydrogen-bond acceptors (Lipinski definition) is 4. The third-order valence-corrected chi connectivity index (χ3v) is 3.83. The van der Waals surface area contributed by atoms with Crippen molar-refractivity contribution in [2.24, 2.45) is 0 Å². The molecule has 0 radical (unpaired) electrons. The summed E-state index contributed by atoms with van der Waals surface area (Å²) in [5.74, 6) is 0.874. The molecular formula is C14H18N2OS. The highest BCUT2D eigenvalue weighted by Gasteiger charge is 2.05. The van der Waals surface area contributed by atoms with Gasteiger partial charge in [-0.3, -0.25) is 0 Å². The Bertz CT molecular complexity index is 496. The van der Waals surface area contributed by atoms with E-state index in [-0.39, 0.29) is 0 Å². The second-order valence-corrected chi connectivity index (χ2v) is 5.19. The van der Waals surface area contributed by atoms with Gasteiger partial charge in [0, 0.05) is 16.6 Å². The summed E-state index contributed by atoms with van der Waals surface area (Å²) in [7, 11) is 3.67. The van der Waals surface area contributed by atoms with Gasteiger partial charge in [0.1, 0.15) is 10.8 Å². The van der Waals surface area contributed by atoms with Gasteiger partial charge in [-0.15, -0.1) is 11.3 Å². The summed E-state index contributed by atoms with van der Waals surface area (Å²) >= 11 is 1.76. The number of benzene rings is 1. The van der Waals surface area contributed by atoms with Gasteiger partial charge in [-0.2, -0.15) is 0 Å². The average molecular weight is 262 g/mol. The molecular weight excluding hydrogens is 244 g/mol. The van der Waals surface area contributed by atoms with Crippen LogP contribution in [0.4, 0.5) is 0 Å². The quantitative estimate of drug-likeness (QED) is 0.813. The van der Waals surface area contributed by atoms with E-state index < -0.39 is 0 Å². The van der Waals surface area contributed by atoms with Crippen LogP contribution in [0.15, 0.2) is 30.5 Å². The Hall–Kier alpha value is -1.39. The van der Waals surface area contributed by atoms with E-state index in [1.165, 1.54) is 4.88 Å². The van der Waals surface area contributed by atoms with Gasteiger partial charge in [-0.1, -0.05) is 12.1 Å². The summed E-state index contributed by atoms with van der Waals surface area (Å²) in [6.07, 6.45) is 4.22. The van der Waals surface area contributed by atoms with Crippen molar-refractivity contribution < 1.29 is 4.74 Å². The highest BCUT2D eigenvalue weighted by Crippen LogP contribution is 2.28. The van der Waals surface area contributed by atoms with E-state index in [1.807, 2.05) is 31.4 Å². The lowest BCUT2D eigenvalue weighted by Gasteiger charge is -2.01. The van der Waals surface area contributed by atoms with Gasteiger partial charge < -0.3 is 10.1 Å². The Labute approximate surface area is 112 Å². The Morgan fingerprint density at radius 3 is 3.06 bits per heavy atom. The van der Waals surface area contributed by atoms with Crippen LogP contribution in [0, 0.1) is 0 Å². The summed E-state index contributed by atoms with van der Waals surface area (Å²) < 4.78 is 5.23. The molecule has 0 atom stereocenters. The molecule has 2 aromatic rings. The van der Waals surface area contributed by atoms with Gasteiger partial charge in [0.25, 0.3) is 0 Å². The fourth-order valence-corrected chi connectivity index (χ4v) is 2.70. The van der Waals surface area contributed by atoms with Crippen LogP contribution in [-0.2, 0) is 6.42 Å². The number of nitrogens with zero attached hydrogens (tertiary/aromatic N) is 1. The van der Waals surface area contributed by atoms with Crippen LogP contribution in [-0.4, -0.2) is 25.7 Å². The number of aryl methyl sites for hydroxylation is 1. The first-order chi connectivity index (χ1) is 8.83. The van der Waals surface area contributed by atoms with Crippen LogP contribution in [0.1, 0.15) is 11.3 Å². The van der Waals surface area contributed by atoms with Crippen LogP contribution in [0.3, 0.4) is 0 Å². The van der Waals surface area contributed by atoms with Crippen molar-refractivity contribution in [1.29, 1.82) is 0 Å². The summed E-state index contributed by atoms with van der Waals surface area (Å²) in [5.41, 5.74) is 1.12. The van der Waals surface area contributed by atoms with Gasteiger partial charge in [0.05, 0.1) is 7.11 Å². The van der Waals surface area contributed by atoms with Crippen LogP contribution >= 0.6 is 11.3 Å². The maximum absolute atomic E-state index is 5.23. The minimum Gasteiger partial charge on any atom is -0.497 e. The zero-order valence-electron chi connectivity index (χ0n) is 10.8. The van der Waals surface area contributed by atoms with E-state index in [4.69, 9.17) is 4.74 Å². The number of nitrogens with one attached hydrogen (secondary N) is 1. The van der Waals surface area contributed by atoms with Gasteiger partial charge in [0.2, 0.25) is 0 Å². The van der Waals surface area contributed by atoms with E-state index in [0.29, 0.717) is 0 Å². The number of aromatic nitrogens is 1. The number of thiazole rings is 1. The molecule has 0 bridgehead atoms. The van der Waals surface area contributed by atoms with Gasteiger partial charge in [-0.05, 0) is 38.6 Å². The van der Waals surface area contributed by atoms with Crippen molar-refractivity contribution in [3.63, 3.8) is 0 Å². The second-order valence-electron chi connectivity index (χ2n) is 4.07. The third kappa shape index (κ3) is 3.31. The maximum atomic E-state index is 5.23. The predicted molar refractivity (Wildman–Crippen MR) is 76.3 cm³/mol. The molecule has 0 saturated heterocycles. The van der Waals surface area contributed by atoms with E-state index in [0.717, 1.165) is 35.7 Å². The average Bonchev–Trinajstić information content (AvgIpc) is 2.88. The molecule has 1 heterocycles. The van der Waals surface area contributed by atoms with Crippen molar-refractivity contribution in [3.8, 4) is 16.3 Å². The molecule has 0 fully saturated rings. The SMILES string of the molecule is CNCCCc1cnc(-c2cccc(OC)c2)s1. The minimum absolute atomic E-state index is 0.874. The van der Waals surface area contributed by atoms with Crippen molar-refractivity contribution in [2.45, 2.75) is 12.8 Å². The molecule has 0 spiro atoms. The summed E-state index contributed by atoms with van der Waals surface area (Å²) in [4.78, 5) is 5.82. The van der Waals surface area contributed by atoms with E-state index in [2.05, 4.69) is 16.4 Å². The molecule has 0 aliphatic heterocycles. The van der Waals surface area contributed by atoms with Gasteiger partial charge in [-0.25, -0.2) is 4.98 Å². The molecule has 0 aliphatic carbocycles. The lowest BCUT2D eigenvalue weighted by molar-refractivity contribution is 0.415. The van der Waals surface area contributed by atoms with Crippen molar-refractivity contribution in [1.82, 2.24) is 10.3 Å². The molecule has 0 saturated carbocycles. The Morgan fingerprint density at radius 2 is 2.28 bits per heavy atom. The molecule has 3 nitrogen and oxygen atoms in total. The number of rotatable bonds is 6. The normalized spacial score (nSPS) is 10.6. The van der Waals surface area contributed by atoms with E-state index in [1.54, 1.807) is 18.4 Å². The number of ether oxygens (including phenoxy) is 1. The lowest BCUT2D eigenvalue weighted by Crippen LogP contribution is -2.07. The Balaban J connectivity index is 2.08. The zero-order valence-corrected chi connectivity index (χ0v) is 11.6. The first-order valence-corrected chi connectivity index (χ1v) is 6.89. The van der Waals surface area contributed by atoms with Crippen LogP contribution in [0.5, 0.6) is 5.75 Å². The number of hydrogen-bond donors (Lipinski definition) is 1. The van der Waals surface area contributed by atoms with Gasteiger partial charge in [0.15, 0.2) is 0 Å². The Kier molecular flexibility index (Phi) is 4.73. The minimum atomic E-state index is 0.874. The highest BCUT2D eigenvalue weighted by molar-refractivity contribution is 7.15. The summed E-state index contributed by atoms with van der Waals surface area (Å²) in [6, 6.07) is 8.04. The zero-order chi connectivity index (χ0) is 12.8. The molecule has 18 heavy (non-hydrogen) atoms. The van der Waals surface area contributed by atoms with Crippen LogP contribution in [0.2, 0.25) is 0 Å². The highest BCUT2D eigenvalue weighted by atomic mass is 32.1. The van der Waals surface area contributed by atoms with Crippen molar-refractivity contribution in [3.05, 3.63) is 35.3 Å². The monoisotopic (exact) mass is 262 g/mol. The molecule has 0 aliphatic rings. The third-order valence-electron chi connectivity index (χ3n) is 2.72. The molecule has 2 rings (SSSR count). The first kappa shape index (κ1) is 13.1. The predicted octanol–water partition coefficient (Wildman–Crippen LogP) is 2.97. The van der Waals surface area contributed by atoms with E-state index in [9.17, 15) is 0 Å². The Morgan fingerprint density at radius 1 is 1.39 bits per heavy atom. The number of methoxy groups -OCH3 is 1. The molecule has 96 valence electrons. The topological polar surface area (TPSA) is 34.2 Å². The largest absolute Gasteiger partial charge is 0.497 e. The summed E-state index contributed by atoms with van der Waals surface area (Å²) in [5, 5.41) is 4.22. The summed E-state index contributed by atoms with van der Waals surface area (Å²) in [6.45, 7) is 1.05. The molecule has 1 aromatic heterocycles. The second kappa shape index (κ2) is 6.52. The molecule has 1 aromatic carbocycles. The van der Waals surface area contributed by atoms with Crippen molar-refractivity contribution in [2.75, 3.05) is 20.7 Å². The molecule has 1 N–H and O–H groups in total. The van der Waals surface area contributed by atoms with Gasteiger partial charge >= 0.3 is 0 Å². The van der Waals surface area contributed by atoms with E-state index >= 15 is 0 Å². The fourth-order valence-electron chi connectivity index (χ4n) is 1.75. The standard InChI is InChI=1S/C14H18N2OS/c1-15-8-4-7-13-10-16-14(18-13)11-5-3-6-12(9-11)17-2/h3,5-6,9-10,15H,4,7-8H2,1-2H3. The lowest BCUT2D eigenvalue weighted by atomic mass is 10.2. The molecule has 4 heteroatoms.